The summed E-state index contributed by atoms with van der Waals surface area (Å²) in [4.78, 5) is 22.7. The number of nitrogens with two attached hydrogens (primary N) is 1. The van der Waals surface area contributed by atoms with Gasteiger partial charge >= 0.3 is 13.8 Å². The van der Waals surface area contributed by atoms with Crippen LogP contribution >= 0.6 is 7.82 Å². The molecule has 3 N–H and O–H groups in total. The van der Waals surface area contributed by atoms with Gasteiger partial charge in [-0.3, -0.25) is 13.8 Å². The Labute approximate surface area is 404 Å². The summed E-state index contributed by atoms with van der Waals surface area (Å²) in [5.74, 6) is -0.321. The maximum atomic E-state index is 12.7. The zero-order chi connectivity index (χ0) is 47.3. The van der Waals surface area contributed by atoms with E-state index in [1.165, 1.54) is 250 Å². The van der Waals surface area contributed by atoms with E-state index in [-0.39, 0.29) is 32.3 Å². The summed E-state index contributed by atoms with van der Waals surface area (Å²) in [5, 5.41) is 0. The first-order valence-corrected chi connectivity index (χ1v) is 30.2. The number of carbonyl (C=O) groups is 1. The van der Waals surface area contributed by atoms with Crippen molar-refractivity contribution in [3.05, 3.63) is 12.2 Å². The molecule has 0 bridgehead atoms. The number of hydrogen-bond donors (Lipinski definition) is 2. The lowest BCUT2D eigenvalue weighted by Gasteiger charge is -2.20. The van der Waals surface area contributed by atoms with Gasteiger partial charge in [-0.25, -0.2) is 4.57 Å². The van der Waals surface area contributed by atoms with Crippen molar-refractivity contribution >= 4 is 13.8 Å². The van der Waals surface area contributed by atoms with Crippen molar-refractivity contribution in [2.45, 2.75) is 309 Å². The first-order valence-electron chi connectivity index (χ1n) is 28.7. The molecule has 0 saturated heterocycles. The Balaban J connectivity index is 3.84. The van der Waals surface area contributed by atoms with Crippen LogP contribution in [0.4, 0.5) is 0 Å². The fraction of sp³-hybridized carbons (Fsp3) is 0.946. The first kappa shape index (κ1) is 64.2. The molecule has 0 aromatic carbocycles. The highest BCUT2D eigenvalue weighted by Gasteiger charge is 2.25. The number of hydrogen-bond acceptors (Lipinski definition) is 7. The fourth-order valence-electron chi connectivity index (χ4n) is 8.70. The van der Waals surface area contributed by atoms with Crippen molar-refractivity contribution in [3.63, 3.8) is 0 Å². The number of phosphoric ester groups is 1. The van der Waals surface area contributed by atoms with Crippen LogP contribution in [-0.2, 0) is 27.9 Å². The molecule has 388 valence electrons. The van der Waals surface area contributed by atoms with Gasteiger partial charge in [0.05, 0.1) is 19.8 Å². The lowest BCUT2D eigenvalue weighted by atomic mass is 10.0. The van der Waals surface area contributed by atoms with Crippen molar-refractivity contribution in [1.82, 2.24) is 0 Å². The number of phosphoric acid groups is 1. The lowest BCUT2D eigenvalue weighted by Crippen LogP contribution is -2.28. The molecule has 0 aliphatic carbocycles. The van der Waals surface area contributed by atoms with Crippen LogP contribution in [0, 0.1) is 0 Å². The van der Waals surface area contributed by atoms with Crippen molar-refractivity contribution in [2.24, 2.45) is 5.73 Å². The standard InChI is InChI=1S/C56H112NO7P/c1-3-5-7-9-11-13-15-17-19-21-23-25-27-28-29-31-33-35-37-39-41-43-45-47-49-56(58)64-55(54-63-65(59,60)62-52-50-57)53-61-51-48-46-44-42-40-38-36-34-32-30-26-24-22-20-18-16-14-12-10-8-6-4-2/h22,24,55H,3-21,23,25-54,57H2,1-2H3,(H,59,60)/b24-22-. The molecular formula is C56H112NO7P. The van der Waals surface area contributed by atoms with E-state index in [4.69, 9.17) is 24.3 Å². The van der Waals surface area contributed by atoms with Crippen LogP contribution in [0.2, 0.25) is 0 Å². The number of rotatable bonds is 56. The van der Waals surface area contributed by atoms with Gasteiger partial charge in [-0.05, 0) is 38.5 Å². The van der Waals surface area contributed by atoms with Gasteiger partial charge in [0.15, 0.2) is 0 Å². The Morgan fingerprint density at radius 1 is 0.446 bits per heavy atom. The van der Waals surface area contributed by atoms with Crippen LogP contribution in [0.3, 0.4) is 0 Å². The van der Waals surface area contributed by atoms with E-state index in [0.29, 0.717) is 13.0 Å². The molecule has 0 aromatic heterocycles. The number of ether oxygens (including phenoxy) is 2. The largest absolute Gasteiger partial charge is 0.472 e. The van der Waals surface area contributed by atoms with Gasteiger partial charge in [-0.15, -0.1) is 0 Å². The minimum absolute atomic E-state index is 0.0916. The highest BCUT2D eigenvalue weighted by atomic mass is 31.2. The zero-order valence-electron chi connectivity index (χ0n) is 43.5. The SMILES string of the molecule is CCCCCCCCCC/C=C\CCCCCCCCCCCCOCC(COP(=O)(O)OCCN)OC(=O)CCCCCCCCCCCCCCCCCCCCCCCCCC. The Morgan fingerprint density at radius 3 is 1.12 bits per heavy atom. The summed E-state index contributed by atoms with van der Waals surface area (Å²) in [7, 11) is -4.28. The van der Waals surface area contributed by atoms with E-state index < -0.39 is 13.9 Å². The summed E-state index contributed by atoms with van der Waals surface area (Å²) >= 11 is 0. The number of esters is 1. The average molecular weight is 942 g/mol. The summed E-state index contributed by atoms with van der Waals surface area (Å²) in [6, 6.07) is 0. The van der Waals surface area contributed by atoms with Crippen molar-refractivity contribution < 1.29 is 32.8 Å². The Hall–Kier alpha value is -0.760. The third-order valence-corrected chi connectivity index (χ3v) is 13.9. The average Bonchev–Trinajstić information content (AvgIpc) is 3.30. The van der Waals surface area contributed by atoms with Gasteiger partial charge in [0.1, 0.15) is 6.10 Å². The number of allylic oxidation sites excluding steroid dienone is 2. The normalized spacial score (nSPS) is 13.2. The molecule has 8 nitrogen and oxygen atoms in total. The van der Waals surface area contributed by atoms with Gasteiger partial charge < -0.3 is 20.1 Å². The molecule has 2 atom stereocenters. The van der Waals surface area contributed by atoms with Crippen LogP contribution < -0.4 is 5.73 Å². The maximum absolute atomic E-state index is 12.7. The van der Waals surface area contributed by atoms with E-state index in [0.717, 1.165) is 32.1 Å². The third-order valence-electron chi connectivity index (χ3n) is 12.9. The van der Waals surface area contributed by atoms with Crippen LogP contribution in [0.1, 0.15) is 303 Å². The fourth-order valence-corrected chi connectivity index (χ4v) is 9.47. The van der Waals surface area contributed by atoms with Crippen LogP contribution in [0.15, 0.2) is 12.2 Å². The van der Waals surface area contributed by atoms with E-state index >= 15 is 0 Å². The molecule has 0 aliphatic rings. The van der Waals surface area contributed by atoms with Gasteiger partial charge in [0.25, 0.3) is 0 Å². The highest BCUT2D eigenvalue weighted by molar-refractivity contribution is 7.47. The molecule has 0 aromatic rings. The topological polar surface area (TPSA) is 117 Å². The predicted molar refractivity (Wildman–Crippen MR) is 280 cm³/mol. The smallest absolute Gasteiger partial charge is 0.457 e. The minimum Gasteiger partial charge on any atom is -0.457 e. The van der Waals surface area contributed by atoms with Crippen molar-refractivity contribution in [2.75, 3.05) is 33.0 Å². The summed E-state index contributed by atoms with van der Waals surface area (Å²) in [6.45, 7) is 5.00. The quantitative estimate of drug-likeness (QED) is 0.0268. The number of carbonyl (C=O) groups excluding carboxylic acids is 1. The number of unbranched alkanes of at least 4 members (excludes halogenated alkanes) is 41. The Kier molecular flexibility index (Phi) is 53.6. The molecule has 0 saturated carbocycles. The van der Waals surface area contributed by atoms with E-state index in [2.05, 4.69) is 26.0 Å². The van der Waals surface area contributed by atoms with E-state index in [1.54, 1.807) is 0 Å². The Bertz CT molecular complexity index is 1010. The predicted octanol–water partition coefficient (Wildman–Crippen LogP) is 18.2. The second-order valence-electron chi connectivity index (χ2n) is 19.5. The van der Waals surface area contributed by atoms with Crippen molar-refractivity contribution in [3.8, 4) is 0 Å². The van der Waals surface area contributed by atoms with Gasteiger partial charge in [0, 0.05) is 19.6 Å². The molecular weight excluding hydrogens is 830 g/mol. The molecule has 0 amide bonds. The first-order chi connectivity index (χ1) is 31.9. The molecule has 0 fully saturated rings. The van der Waals surface area contributed by atoms with Crippen LogP contribution in [0.25, 0.3) is 0 Å². The Morgan fingerprint density at radius 2 is 0.769 bits per heavy atom. The molecule has 0 heterocycles. The molecule has 0 radical (unpaired) electrons. The summed E-state index contributed by atoms with van der Waals surface area (Å²) in [6.07, 6.45) is 62.7. The third kappa shape index (κ3) is 54.1. The molecule has 9 heteroatoms. The van der Waals surface area contributed by atoms with E-state index in [9.17, 15) is 14.3 Å². The van der Waals surface area contributed by atoms with Gasteiger partial charge in [0.2, 0.25) is 0 Å². The monoisotopic (exact) mass is 942 g/mol. The summed E-state index contributed by atoms with van der Waals surface area (Å²) < 4.78 is 33.7. The van der Waals surface area contributed by atoms with Crippen molar-refractivity contribution in [1.29, 1.82) is 0 Å². The molecule has 0 rings (SSSR count). The second kappa shape index (κ2) is 54.2. The molecule has 65 heavy (non-hydrogen) atoms. The van der Waals surface area contributed by atoms with Crippen LogP contribution in [0.5, 0.6) is 0 Å². The van der Waals surface area contributed by atoms with Gasteiger partial charge in [-0.1, -0.05) is 270 Å². The summed E-state index contributed by atoms with van der Waals surface area (Å²) in [5.41, 5.74) is 5.40. The molecule has 2 unspecified atom stereocenters. The second-order valence-corrected chi connectivity index (χ2v) is 21.0. The van der Waals surface area contributed by atoms with E-state index in [1.807, 2.05) is 0 Å². The highest BCUT2D eigenvalue weighted by Crippen LogP contribution is 2.43. The van der Waals surface area contributed by atoms with Crippen LogP contribution in [-0.4, -0.2) is 49.9 Å². The molecule has 0 aliphatic heterocycles. The molecule has 0 spiro atoms. The minimum atomic E-state index is -4.28. The lowest BCUT2D eigenvalue weighted by molar-refractivity contribution is -0.154. The zero-order valence-corrected chi connectivity index (χ0v) is 44.4. The van der Waals surface area contributed by atoms with Gasteiger partial charge in [-0.2, -0.15) is 0 Å². The maximum Gasteiger partial charge on any atom is 0.472 e.